The summed E-state index contributed by atoms with van der Waals surface area (Å²) in [6.45, 7) is 0.883. The van der Waals surface area contributed by atoms with Crippen LogP contribution in [-0.2, 0) is 4.79 Å². The minimum atomic E-state index is 0.883. The van der Waals surface area contributed by atoms with E-state index < -0.39 is 0 Å². The fraction of sp³-hybridized carbons (Fsp3) is 0.909. The molecule has 0 aromatic heterocycles. The lowest BCUT2D eigenvalue weighted by atomic mass is 10.1. The Morgan fingerprint density at radius 1 is 0.857 bits per heavy atom. The summed E-state index contributed by atoms with van der Waals surface area (Å²) in [5, 5.41) is 0. The fourth-order valence-corrected chi connectivity index (χ4v) is 2.59. The van der Waals surface area contributed by atoms with Crippen LogP contribution in [0.3, 0.4) is 0 Å². The molecule has 1 rings (SSSR count). The van der Waals surface area contributed by atoms with Gasteiger partial charge in [-0.1, -0.05) is 38.5 Å². The maximum atomic E-state index is 10.6. The summed E-state index contributed by atoms with van der Waals surface area (Å²) in [5.74, 6) is 1.08. The monoisotopic (exact) mass is 214 g/mol. The van der Waals surface area contributed by atoms with Gasteiger partial charge in [0, 0.05) is 12.3 Å². The first kappa shape index (κ1) is 11.9. The van der Waals surface area contributed by atoms with Crippen molar-refractivity contribution >= 4 is 18.4 Å². The van der Waals surface area contributed by atoms with E-state index in [0.29, 0.717) is 0 Å². The van der Waals surface area contributed by atoms with Crippen LogP contribution < -0.4 is 0 Å². The number of hydrogen-bond acceptors (Lipinski definition) is 2. The maximum Gasteiger partial charge on any atom is 0.322 e. The zero-order valence-corrected chi connectivity index (χ0v) is 9.65. The zero-order valence-electron chi connectivity index (χ0n) is 8.83. The largest absolute Gasteiger partial charge is 0.322 e. The first-order chi connectivity index (χ1) is 6.93. The van der Waals surface area contributed by atoms with Crippen LogP contribution in [-0.4, -0.2) is 23.0 Å². The summed E-state index contributed by atoms with van der Waals surface area (Å²) in [7, 11) is 0. The molecule has 0 saturated carbocycles. The van der Waals surface area contributed by atoms with Gasteiger partial charge in [-0.2, -0.15) is 0 Å². The molecule has 3 heteroatoms. The van der Waals surface area contributed by atoms with Crippen molar-refractivity contribution in [1.82, 2.24) is 4.31 Å². The van der Waals surface area contributed by atoms with E-state index in [9.17, 15) is 4.79 Å². The molecule has 1 aliphatic rings. The minimum Gasteiger partial charge on any atom is -0.278 e. The molecule has 81 valence electrons. The van der Waals surface area contributed by atoms with Gasteiger partial charge in [0.05, 0.1) is 0 Å². The van der Waals surface area contributed by atoms with Crippen molar-refractivity contribution in [2.45, 2.75) is 51.4 Å². The van der Waals surface area contributed by atoms with Gasteiger partial charge < -0.3 is 0 Å². The van der Waals surface area contributed by atoms with E-state index in [2.05, 4.69) is 0 Å². The Labute approximate surface area is 91.6 Å². The molecule has 0 bridgehead atoms. The SMILES string of the molecule is O=[C]N1CCCCCCCCCCS1. The van der Waals surface area contributed by atoms with Gasteiger partial charge in [-0.3, -0.25) is 9.10 Å². The second-order valence-electron chi connectivity index (χ2n) is 3.86. The molecule has 0 N–H and O–H groups in total. The van der Waals surface area contributed by atoms with Crippen molar-refractivity contribution in [3.8, 4) is 0 Å². The van der Waals surface area contributed by atoms with Crippen molar-refractivity contribution in [3.63, 3.8) is 0 Å². The normalized spacial score (nSPS) is 22.1. The fourth-order valence-electron chi connectivity index (χ4n) is 1.73. The second-order valence-corrected chi connectivity index (χ2v) is 4.96. The van der Waals surface area contributed by atoms with Crippen molar-refractivity contribution in [3.05, 3.63) is 0 Å². The lowest BCUT2D eigenvalue weighted by molar-refractivity contribution is 0.484. The highest BCUT2D eigenvalue weighted by Crippen LogP contribution is 2.16. The first-order valence-corrected chi connectivity index (χ1v) is 6.66. The predicted molar refractivity (Wildman–Crippen MR) is 61.8 cm³/mol. The second kappa shape index (κ2) is 8.16. The number of amides is 1. The molecular weight excluding hydrogens is 194 g/mol. The van der Waals surface area contributed by atoms with Crippen LogP contribution in [0.25, 0.3) is 0 Å². The number of rotatable bonds is 1. The molecule has 0 spiro atoms. The van der Waals surface area contributed by atoms with Crippen molar-refractivity contribution in [2.24, 2.45) is 0 Å². The lowest BCUT2D eigenvalue weighted by Crippen LogP contribution is -2.15. The standard InChI is InChI=1S/C11H20NOS/c13-11-12-9-7-5-3-1-2-4-6-8-10-14-12/h1-10H2. The molecule has 1 aliphatic heterocycles. The highest BCUT2D eigenvalue weighted by atomic mass is 32.2. The molecule has 1 radical (unpaired) electrons. The lowest BCUT2D eigenvalue weighted by Gasteiger charge is -2.15. The summed E-state index contributed by atoms with van der Waals surface area (Å²) in [4.78, 5) is 10.6. The summed E-state index contributed by atoms with van der Waals surface area (Å²) in [5.41, 5.74) is 0. The number of nitrogens with zero attached hydrogens (tertiary/aromatic N) is 1. The summed E-state index contributed by atoms with van der Waals surface area (Å²) in [6.07, 6.45) is 12.4. The minimum absolute atomic E-state index is 0.883. The van der Waals surface area contributed by atoms with Crippen LogP contribution in [0, 0.1) is 0 Å². The summed E-state index contributed by atoms with van der Waals surface area (Å²) < 4.78 is 1.74. The van der Waals surface area contributed by atoms with Crippen LogP contribution in [0.1, 0.15) is 51.4 Å². The van der Waals surface area contributed by atoms with E-state index in [0.717, 1.165) is 18.7 Å². The Bertz CT molecular complexity index is 140. The van der Waals surface area contributed by atoms with Crippen molar-refractivity contribution in [2.75, 3.05) is 12.3 Å². The van der Waals surface area contributed by atoms with Gasteiger partial charge >= 0.3 is 6.41 Å². The predicted octanol–water partition coefficient (Wildman–Crippen LogP) is 3.14. The third-order valence-corrected chi connectivity index (χ3v) is 3.64. The zero-order chi connectivity index (χ0) is 10.1. The van der Waals surface area contributed by atoms with Crippen LogP contribution in [0.5, 0.6) is 0 Å². The molecule has 0 aromatic carbocycles. The molecule has 1 fully saturated rings. The maximum absolute atomic E-state index is 10.6. The Balaban J connectivity index is 2.20. The van der Waals surface area contributed by atoms with Gasteiger partial charge in [0.25, 0.3) is 0 Å². The van der Waals surface area contributed by atoms with Gasteiger partial charge in [-0.25, -0.2) is 0 Å². The Hall–Kier alpha value is -0.180. The van der Waals surface area contributed by atoms with E-state index in [4.69, 9.17) is 0 Å². The third-order valence-electron chi connectivity index (χ3n) is 2.60. The molecule has 1 amide bonds. The topological polar surface area (TPSA) is 20.3 Å². The van der Waals surface area contributed by atoms with Gasteiger partial charge in [0.1, 0.15) is 0 Å². The Morgan fingerprint density at radius 2 is 1.43 bits per heavy atom. The molecule has 1 saturated heterocycles. The molecule has 14 heavy (non-hydrogen) atoms. The Morgan fingerprint density at radius 3 is 2.07 bits per heavy atom. The average Bonchev–Trinajstić information content (AvgIpc) is 2.19. The highest BCUT2D eigenvalue weighted by Gasteiger charge is 2.04. The Kier molecular flexibility index (Phi) is 6.93. The van der Waals surface area contributed by atoms with E-state index in [-0.39, 0.29) is 0 Å². The van der Waals surface area contributed by atoms with Crippen LogP contribution in [0.15, 0.2) is 0 Å². The van der Waals surface area contributed by atoms with E-state index in [1.54, 1.807) is 16.3 Å². The van der Waals surface area contributed by atoms with Gasteiger partial charge in [-0.05, 0) is 24.8 Å². The van der Waals surface area contributed by atoms with E-state index in [1.165, 1.54) is 44.9 Å². The third kappa shape index (κ3) is 5.53. The molecular formula is C11H20NOS. The summed E-state index contributed by atoms with van der Waals surface area (Å²) in [6, 6.07) is 0. The highest BCUT2D eigenvalue weighted by molar-refractivity contribution is 7.97. The number of carbonyl (C=O) groups excluding carboxylic acids is 1. The smallest absolute Gasteiger partial charge is 0.278 e. The van der Waals surface area contributed by atoms with Crippen molar-refractivity contribution in [1.29, 1.82) is 0 Å². The first-order valence-electron chi connectivity index (χ1n) is 5.72. The van der Waals surface area contributed by atoms with Crippen LogP contribution in [0.2, 0.25) is 0 Å². The van der Waals surface area contributed by atoms with E-state index in [1.807, 2.05) is 6.41 Å². The van der Waals surface area contributed by atoms with Gasteiger partial charge in [-0.15, -0.1) is 0 Å². The van der Waals surface area contributed by atoms with Crippen molar-refractivity contribution < 1.29 is 4.79 Å². The van der Waals surface area contributed by atoms with Crippen LogP contribution >= 0.6 is 11.9 Å². The van der Waals surface area contributed by atoms with E-state index >= 15 is 0 Å². The molecule has 0 unspecified atom stereocenters. The quantitative estimate of drug-likeness (QED) is 0.625. The molecule has 0 atom stereocenters. The molecule has 1 heterocycles. The van der Waals surface area contributed by atoms with Gasteiger partial charge in [0.15, 0.2) is 0 Å². The number of hydrogen-bond donors (Lipinski definition) is 0. The summed E-state index contributed by atoms with van der Waals surface area (Å²) >= 11 is 1.65. The molecule has 2 nitrogen and oxygen atoms in total. The molecule has 0 aromatic rings. The van der Waals surface area contributed by atoms with Crippen LogP contribution in [0.4, 0.5) is 0 Å². The average molecular weight is 214 g/mol. The molecule has 0 aliphatic carbocycles. The van der Waals surface area contributed by atoms with Gasteiger partial charge in [0.2, 0.25) is 0 Å².